The second-order valence-electron chi connectivity index (χ2n) is 4.83. The standard InChI is InChI=1S/C15H20N2O2/c1-3-9-16-11(4-2)10-17-14(18)12-7-5-6-8-13(12)15(17)19/h5-8,11,16H,3-4,9-10H2,1-2H3. The molecule has 1 unspecified atom stereocenters. The number of carbonyl (C=O) groups is 2. The molecule has 1 aromatic rings. The van der Waals surface area contributed by atoms with Crippen LogP contribution in [0.25, 0.3) is 0 Å². The second kappa shape index (κ2) is 5.97. The summed E-state index contributed by atoms with van der Waals surface area (Å²) in [7, 11) is 0. The van der Waals surface area contributed by atoms with E-state index in [1.54, 1.807) is 24.3 Å². The van der Waals surface area contributed by atoms with Crippen LogP contribution in [0, 0.1) is 0 Å². The fourth-order valence-corrected chi connectivity index (χ4v) is 2.31. The van der Waals surface area contributed by atoms with Gasteiger partial charge in [-0.25, -0.2) is 0 Å². The Morgan fingerprint density at radius 3 is 2.16 bits per heavy atom. The molecule has 0 aliphatic carbocycles. The highest BCUT2D eigenvalue weighted by Gasteiger charge is 2.35. The van der Waals surface area contributed by atoms with Crippen LogP contribution in [0.15, 0.2) is 24.3 Å². The Morgan fingerprint density at radius 2 is 1.68 bits per heavy atom. The van der Waals surface area contributed by atoms with Gasteiger partial charge < -0.3 is 5.32 Å². The van der Waals surface area contributed by atoms with Crippen LogP contribution in [-0.4, -0.2) is 35.8 Å². The maximum Gasteiger partial charge on any atom is 0.261 e. The summed E-state index contributed by atoms with van der Waals surface area (Å²) in [4.78, 5) is 25.8. The highest BCUT2D eigenvalue weighted by atomic mass is 16.2. The number of imide groups is 1. The lowest BCUT2D eigenvalue weighted by molar-refractivity contribution is 0.0637. The minimum atomic E-state index is -0.169. The molecule has 0 fully saturated rings. The van der Waals surface area contributed by atoms with Crippen LogP contribution >= 0.6 is 0 Å². The molecule has 1 aliphatic rings. The number of hydrogen-bond donors (Lipinski definition) is 1. The van der Waals surface area contributed by atoms with Crippen LogP contribution in [0.3, 0.4) is 0 Å². The second-order valence-corrected chi connectivity index (χ2v) is 4.83. The number of nitrogens with zero attached hydrogens (tertiary/aromatic N) is 1. The predicted molar refractivity (Wildman–Crippen MR) is 74.2 cm³/mol. The molecule has 1 N–H and O–H groups in total. The van der Waals surface area contributed by atoms with E-state index in [9.17, 15) is 9.59 Å². The molecule has 0 aromatic heterocycles. The molecule has 0 bridgehead atoms. The van der Waals surface area contributed by atoms with Crippen LogP contribution in [-0.2, 0) is 0 Å². The quantitative estimate of drug-likeness (QED) is 0.796. The van der Waals surface area contributed by atoms with Crippen LogP contribution in [0.5, 0.6) is 0 Å². The number of hydrogen-bond acceptors (Lipinski definition) is 3. The smallest absolute Gasteiger partial charge is 0.261 e. The lowest BCUT2D eigenvalue weighted by atomic mass is 10.1. The number of rotatable bonds is 6. The molecule has 1 heterocycles. The molecule has 0 spiro atoms. The summed E-state index contributed by atoms with van der Waals surface area (Å²) in [6, 6.07) is 7.19. The van der Waals surface area contributed by atoms with Crippen molar-refractivity contribution in [1.29, 1.82) is 0 Å². The molecule has 2 rings (SSSR count). The summed E-state index contributed by atoms with van der Waals surface area (Å²) < 4.78 is 0. The van der Waals surface area contributed by atoms with Crippen molar-refractivity contribution in [1.82, 2.24) is 10.2 Å². The van der Waals surface area contributed by atoms with Gasteiger partial charge in [0.15, 0.2) is 0 Å². The minimum Gasteiger partial charge on any atom is -0.312 e. The third-order valence-electron chi connectivity index (χ3n) is 3.46. The molecule has 4 nitrogen and oxygen atoms in total. The molecule has 2 amide bonds. The third kappa shape index (κ3) is 2.68. The summed E-state index contributed by atoms with van der Waals surface area (Å²) >= 11 is 0. The number of fused-ring (bicyclic) bond motifs is 1. The molecule has 0 saturated heterocycles. The Hall–Kier alpha value is -1.68. The van der Waals surface area contributed by atoms with Gasteiger partial charge in [-0.3, -0.25) is 14.5 Å². The lowest BCUT2D eigenvalue weighted by Gasteiger charge is -2.22. The summed E-state index contributed by atoms with van der Waals surface area (Å²) in [6.45, 7) is 5.51. The number of nitrogens with one attached hydrogen (secondary N) is 1. The van der Waals surface area contributed by atoms with Gasteiger partial charge in [-0.2, -0.15) is 0 Å². The van der Waals surface area contributed by atoms with E-state index < -0.39 is 0 Å². The molecular formula is C15H20N2O2. The maximum absolute atomic E-state index is 12.2. The Labute approximate surface area is 113 Å². The summed E-state index contributed by atoms with van der Waals surface area (Å²) in [5.74, 6) is -0.338. The zero-order valence-corrected chi connectivity index (χ0v) is 11.5. The van der Waals surface area contributed by atoms with E-state index in [2.05, 4.69) is 19.2 Å². The van der Waals surface area contributed by atoms with Crippen molar-refractivity contribution >= 4 is 11.8 Å². The van der Waals surface area contributed by atoms with Gasteiger partial charge >= 0.3 is 0 Å². The van der Waals surface area contributed by atoms with E-state index in [4.69, 9.17) is 0 Å². The first-order valence-corrected chi connectivity index (χ1v) is 6.87. The van der Waals surface area contributed by atoms with Crippen molar-refractivity contribution in [3.05, 3.63) is 35.4 Å². The van der Waals surface area contributed by atoms with E-state index >= 15 is 0 Å². The lowest BCUT2D eigenvalue weighted by Crippen LogP contribution is -2.43. The van der Waals surface area contributed by atoms with E-state index in [1.807, 2.05) is 0 Å². The maximum atomic E-state index is 12.2. The van der Waals surface area contributed by atoms with Crippen LogP contribution in [0.4, 0.5) is 0 Å². The monoisotopic (exact) mass is 260 g/mol. The molecule has 1 aromatic carbocycles. The molecule has 19 heavy (non-hydrogen) atoms. The van der Waals surface area contributed by atoms with Crippen LogP contribution in [0.2, 0.25) is 0 Å². The molecule has 1 aliphatic heterocycles. The van der Waals surface area contributed by atoms with Gasteiger partial charge in [0.1, 0.15) is 0 Å². The number of amides is 2. The topological polar surface area (TPSA) is 49.4 Å². The minimum absolute atomic E-state index is 0.169. The largest absolute Gasteiger partial charge is 0.312 e. The fraction of sp³-hybridized carbons (Fsp3) is 0.467. The Balaban J connectivity index is 2.11. The highest BCUT2D eigenvalue weighted by molar-refractivity contribution is 6.21. The van der Waals surface area contributed by atoms with Crippen molar-refractivity contribution in [2.24, 2.45) is 0 Å². The summed E-state index contributed by atoms with van der Waals surface area (Å²) in [6.07, 6.45) is 1.94. The fourth-order valence-electron chi connectivity index (χ4n) is 2.31. The Kier molecular flexibility index (Phi) is 4.32. The average Bonchev–Trinajstić information content (AvgIpc) is 2.68. The Morgan fingerprint density at radius 1 is 1.11 bits per heavy atom. The van der Waals surface area contributed by atoms with Gasteiger partial charge in [0.25, 0.3) is 11.8 Å². The van der Waals surface area contributed by atoms with Gasteiger partial charge in [-0.05, 0) is 31.5 Å². The number of carbonyl (C=O) groups excluding carboxylic acids is 2. The van der Waals surface area contributed by atoms with E-state index in [0.717, 1.165) is 19.4 Å². The highest BCUT2D eigenvalue weighted by Crippen LogP contribution is 2.22. The van der Waals surface area contributed by atoms with Crippen molar-refractivity contribution < 1.29 is 9.59 Å². The van der Waals surface area contributed by atoms with Crippen molar-refractivity contribution in [3.8, 4) is 0 Å². The first-order chi connectivity index (χ1) is 9.19. The Bertz CT molecular complexity index is 450. The van der Waals surface area contributed by atoms with Gasteiger partial charge in [-0.15, -0.1) is 0 Å². The normalized spacial score (nSPS) is 15.8. The van der Waals surface area contributed by atoms with Crippen LogP contribution < -0.4 is 5.32 Å². The molecule has 0 saturated carbocycles. The number of benzene rings is 1. The first kappa shape index (κ1) is 13.7. The van der Waals surface area contributed by atoms with Gasteiger partial charge in [-0.1, -0.05) is 26.0 Å². The van der Waals surface area contributed by atoms with E-state index in [-0.39, 0.29) is 17.9 Å². The van der Waals surface area contributed by atoms with E-state index in [0.29, 0.717) is 17.7 Å². The third-order valence-corrected chi connectivity index (χ3v) is 3.46. The average molecular weight is 260 g/mol. The molecular weight excluding hydrogens is 240 g/mol. The zero-order valence-electron chi connectivity index (χ0n) is 11.5. The van der Waals surface area contributed by atoms with E-state index in [1.165, 1.54) is 4.90 Å². The van der Waals surface area contributed by atoms with Crippen molar-refractivity contribution in [2.45, 2.75) is 32.7 Å². The molecule has 4 heteroatoms. The van der Waals surface area contributed by atoms with Crippen molar-refractivity contribution in [2.75, 3.05) is 13.1 Å². The van der Waals surface area contributed by atoms with Gasteiger partial charge in [0.2, 0.25) is 0 Å². The predicted octanol–water partition coefficient (Wildman–Crippen LogP) is 2.06. The van der Waals surface area contributed by atoms with Gasteiger partial charge in [0, 0.05) is 12.6 Å². The first-order valence-electron chi connectivity index (χ1n) is 6.87. The van der Waals surface area contributed by atoms with Gasteiger partial charge in [0.05, 0.1) is 11.1 Å². The van der Waals surface area contributed by atoms with Crippen molar-refractivity contribution in [3.63, 3.8) is 0 Å². The van der Waals surface area contributed by atoms with Crippen LogP contribution in [0.1, 0.15) is 47.4 Å². The molecule has 0 radical (unpaired) electrons. The SMILES string of the molecule is CCCNC(CC)CN1C(=O)c2ccccc2C1=O. The zero-order chi connectivity index (χ0) is 13.8. The molecule has 102 valence electrons. The molecule has 1 atom stereocenters. The summed E-state index contributed by atoms with van der Waals surface area (Å²) in [5.41, 5.74) is 1.05. The summed E-state index contributed by atoms with van der Waals surface area (Å²) in [5, 5.41) is 3.37.